The van der Waals surface area contributed by atoms with E-state index in [1.807, 2.05) is 0 Å². The number of phenolic OH excluding ortho intramolecular Hbond substituents is 1. The minimum absolute atomic E-state index is 0.258. The summed E-state index contributed by atoms with van der Waals surface area (Å²) in [5.41, 5.74) is -0.717. The predicted octanol–water partition coefficient (Wildman–Crippen LogP) is 2.17. The molecule has 2 N–H and O–H groups in total. The Kier molecular flexibility index (Phi) is 8.67. The fourth-order valence-corrected chi connectivity index (χ4v) is 3.63. The van der Waals surface area contributed by atoms with Crippen LogP contribution in [0.2, 0.25) is 0 Å². The molecule has 0 spiro atoms. The lowest BCUT2D eigenvalue weighted by molar-refractivity contribution is -0.169. The normalized spacial score (nSPS) is 13.6. The Balaban J connectivity index is 3.12. The molecule has 0 radical (unpaired) electrons. The summed E-state index contributed by atoms with van der Waals surface area (Å²) in [5.74, 6) is -0.998. The Morgan fingerprint density at radius 1 is 1.15 bits per heavy atom. The van der Waals surface area contributed by atoms with E-state index in [1.165, 1.54) is 24.3 Å². The van der Waals surface area contributed by atoms with Crippen molar-refractivity contribution in [2.45, 2.75) is 63.9 Å². The molecular weight excluding hydrogens is 374 g/mol. The van der Waals surface area contributed by atoms with Gasteiger partial charge in [0, 0.05) is 13.2 Å². The van der Waals surface area contributed by atoms with Crippen LogP contribution in [-0.2, 0) is 29.0 Å². The zero-order valence-electron chi connectivity index (χ0n) is 16.4. The molecule has 0 aliphatic carbocycles. The Bertz CT molecular complexity index is 707. The maximum absolute atomic E-state index is 12.7. The molecule has 0 bridgehead atoms. The highest BCUT2D eigenvalue weighted by Crippen LogP contribution is 2.23. The van der Waals surface area contributed by atoms with Crippen LogP contribution in [0.4, 0.5) is 0 Å². The molecule has 1 rings (SSSR count). The number of phenols is 1. The lowest BCUT2D eigenvalue weighted by Gasteiger charge is -2.28. The first-order chi connectivity index (χ1) is 12.5. The number of aromatic hydroxyl groups is 1. The highest BCUT2D eigenvalue weighted by molar-refractivity contribution is 7.89. The van der Waals surface area contributed by atoms with E-state index >= 15 is 0 Å². The average Bonchev–Trinajstić information content (AvgIpc) is 2.52. The van der Waals surface area contributed by atoms with Gasteiger partial charge in [-0.3, -0.25) is 4.79 Å². The summed E-state index contributed by atoms with van der Waals surface area (Å²) < 4.78 is 44.0. The van der Waals surface area contributed by atoms with Crippen LogP contribution < -0.4 is 4.72 Å². The highest BCUT2D eigenvalue weighted by atomic mass is 32.2. The molecule has 0 heterocycles. The van der Waals surface area contributed by atoms with E-state index in [1.54, 1.807) is 34.6 Å². The molecule has 0 aromatic heterocycles. The first-order valence-corrected chi connectivity index (χ1v) is 10.2. The van der Waals surface area contributed by atoms with E-state index in [0.29, 0.717) is 0 Å². The van der Waals surface area contributed by atoms with Gasteiger partial charge in [0.25, 0.3) is 0 Å². The molecule has 1 aromatic carbocycles. The van der Waals surface area contributed by atoms with Crippen LogP contribution in [0, 0.1) is 0 Å². The van der Waals surface area contributed by atoms with E-state index in [-0.39, 0.29) is 24.5 Å². The summed E-state index contributed by atoms with van der Waals surface area (Å²) in [7, 11) is -4.13. The number of hydrogen-bond donors (Lipinski definition) is 2. The number of rotatable bonds is 10. The number of nitrogens with one attached hydrogen (secondary N) is 1. The fourth-order valence-electron chi connectivity index (χ4n) is 2.31. The van der Waals surface area contributed by atoms with Gasteiger partial charge in [-0.25, -0.2) is 13.1 Å². The Hall–Kier alpha value is -1.68. The van der Waals surface area contributed by atoms with Crippen LogP contribution >= 0.6 is 0 Å². The van der Waals surface area contributed by atoms with E-state index in [4.69, 9.17) is 14.2 Å². The molecular formula is C18H29NO7S. The molecule has 8 nitrogen and oxygen atoms in total. The number of carbonyl (C=O) groups is 1. The van der Waals surface area contributed by atoms with Gasteiger partial charge >= 0.3 is 5.97 Å². The van der Waals surface area contributed by atoms with Gasteiger partial charge in [0.1, 0.15) is 16.2 Å². The molecule has 154 valence electrons. The quantitative estimate of drug-likeness (QED) is 0.455. The summed E-state index contributed by atoms with van der Waals surface area (Å²) in [4.78, 5) is 12.0. The van der Waals surface area contributed by atoms with Crippen molar-refractivity contribution in [2.75, 3.05) is 13.2 Å². The number of esters is 1. The molecule has 1 aromatic rings. The average molecular weight is 403 g/mol. The molecule has 0 aliphatic rings. The zero-order chi connectivity index (χ0) is 20.7. The van der Waals surface area contributed by atoms with Crippen LogP contribution in [0.25, 0.3) is 0 Å². The fraction of sp³-hybridized carbons (Fsp3) is 0.611. The Morgan fingerprint density at radius 3 is 2.19 bits per heavy atom. The standard InChI is InChI=1S/C18H29NO7S/c1-6-24-17(25-7-2)13(12-16(21)26-18(3,4)5)19-27(22,23)15-11-9-8-10-14(15)20/h8-11,13,17,19-20H,6-7,12H2,1-5H3/t13-/m0/s1. The lowest BCUT2D eigenvalue weighted by Crippen LogP contribution is -2.47. The maximum Gasteiger partial charge on any atom is 0.308 e. The van der Waals surface area contributed by atoms with Gasteiger partial charge in [0.05, 0.1) is 12.5 Å². The van der Waals surface area contributed by atoms with E-state index in [9.17, 15) is 18.3 Å². The molecule has 1 atom stereocenters. The predicted molar refractivity (Wildman–Crippen MR) is 99.7 cm³/mol. The number of carbonyl (C=O) groups excluding carboxylic acids is 1. The van der Waals surface area contributed by atoms with Crippen molar-refractivity contribution in [2.24, 2.45) is 0 Å². The summed E-state index contributed by atoms with van der Waals surface area (Å²) >= 11 is 0. The molecule has 0 saturated carbocycles. The lowest BCUT2D eigenvalue weighted by atomic mass is 10.1. The monoisotopic (exact) mass is 403 g/mol. The third-order valence-electron chi connectivity index (χ3n) is 3.26. The minimum Gasteiger partial charge on any atom is -0.507 e. The summed E-state index contributed by atoms with van der Waals surface area (Å²) in [6.45, 7) is 9.13. The van der Waals surface area contributed by atoms with Crippen molar-refractivity contribution in [1.82, 2.24) is 4.72 Å². The minimum atomic E-state index is -4.13. The second-order valence-corrected chi connectivity index (χ2v) is 8.45. The third kappa shape index (κ3) is 7.84. The largest absolute Gasteiger partial charge is 0.507 e. The van der Waals surface area contributed by atoms with Gasteiger partial charge in [-0.05, 0) is 46.8 Å². The van der Waals surface area contributed by atoms with E-state index in [2.05, 4.69) is 4.72 Å². The number of sulfonamides is 1. The van der Waals surface area contributed by atoms with Crippen molar-refractivity contribution in [3.05, 3.63) is 24.3 Å². The van der Waals surface area contributed by atoms with E-state index in [0.717, 1.165) is 0 Å². The van der Waals surface area contributed by atoms with Crippen LogP contribution in [-0.4, -0.2) is 50.6 Å². The number of para-hydroxylation sites is 1. The number of hydrogen-bond acceptors (Lipinski definition) is 7. The van der Waals surface area contributed by atoms with Gasteiger partial charge in [-0.15, -0.1) is 0 Å². The van der Waals surface area contributed by atoms with Gasteiger partial charge < -0.3 is 19.3 Å². The van der Waals surface area contributed by atoms with Crippen molar-refractivity contribution in [3.8, 4) is 5.75 Å². The molecule has 9 heteroatoms. The number of ether oxygens (including phenoxy) is 3. The van der Waals surface area contributed by atoms with Crippen molar-refractivity contribution in [3.63, 3.8) is 0 Å². The second kappa shape index (κ2) is 10.0. The summed E-state index contributed by atoms with van der Waals surface area (Å²) in [5, 5.41) is 9.87. The van der Waals surface area contributed by atoms with Gasteiger partial charge in [-0.1, -0.05) is 12.1 Å². The van der Waals surface area contributed by atoms with Gasteiger partial charge in [-0.2, -0.15) is 0 Å². The van der Waals surface area contributed by atoms with Crippen molar-refractivity contribution < 1.29 is 32.5 Å². The number of benzene rings is 1. The third-order valence-corrected chi connectivity index (χ3v) is 4.80. The van der Waals surface area contributed by atoms with Crippen LogP contribution in [0.15, 0.2) is 29.2 Å². The molecule has 0 unspecified atom stereocenters. The van der Waals surface area contributed by atoms with Gasteiger partial charge in [0.15, 0.2) is 6.29 Å². The Labute approximate surface area is 160 Å². The highest BCUT2D eigenvalue weighted by Gasteiger charge is 2.32. The molecule has 0 aliphatic heterocycles. The molecule has 0 amide bonds. The van der Waals surface area contributed by atoms with E-state index < -0.39 is 39.7 Å². The first kappa shape index (κ1) is 23.4. The molecule has 27 heavy (non-hydrogen) atoms. The molecule has 0 saturated heterocycles. The first-order valence-electron chi connectivity index (χ1n) is 8.75. The van der Waals surface area contributed by atoms with Crippen LogP contribution in [0.3, 0.4) is 0 Å². The van der Waals surface area contributed by atoms with Gasteiger partial charge in [0.2, 0.25) is 10.0 Å². The zero-order valence-corrected chi connectivity index (χ0v) is 17.2. The van der Waals surface area contributed by atoms with Crippen molar-refractivity contribution in [1.29, 1.82) is 0 Å². The van der Waals surface area contributed by atoms with Crippen LogP contribution in [0.1, 0.15) is 41.0 Å². The SMILES string of the molecule is CCOC(OCC)[C@H](CC(=O)OC(C)(C)C)NS(=O)(=O)c1ccccc1O. The van der Waals surface area contributed by atoms with Crippen LogP contribution in [0.5, 0.6) is 5.75 Å². The Morgan fingerprint density at radius 2 is 1.70 bits per heavy atom. The summed E-state index contributed by atoms with van der Waals surface area (Å²) in [6, 6.07) is 4.48. The summed E-state index contributed by atoms with van der Waals surface area (Å²) in [6.07, 6.45) is -1.29. The smallest absolute Gasteiger partial charge is 0.308 e. The second-order valence-electron chi connectivity index (χ2n) is 6.77. The van der Waals surface area contributed by atoms with Crippen molar-refractivity contribution >= 4 is 16.0 Å². The topological polar surface area (TPSA) is 111 Å². The maximum atomic E-state index is 12.7. The molecule has 0 fully saturated rings.